The number of unbranched alkanes of at least 4 members (excludes halogenated alkanes) is 14. The van der Waals surface area contributed by atoms with Crippen LogP contribution in [-0.2, 0) is 14.3 Å². The fraction of sp³-hybridized carbons (Fsp3) is 0.962. The third kappa shape index (κ3) is 23.7. The second kappa shape index (κ2) is 26.4. The van der Waals surface area contributed by atoms with E-state index in [-0.39, 0.29) is 12.1 Å². The first kappa shape index (κ1) is 31.6. The Kier molecular flexibility index (Phi) is 27.8. The van der Waals surface area contributed by atoms with Gasteiger partial charge in [-0.1, -0.05) is 124 Å². The minimum atomic E-state index is -0.128. The maximum absolute atomic E-state index is 11.3. The standard InChI is InChI=1S/C26H52O3.H3N/c1-4-7-9-11-13-15-17-19-21-25(28-23-24-29-26(27)6-3)22-20-18-16-14-12-10-8-5-2;/h25H,4-24H2,1-3H3;1H3. The zero-order chi connectivity index (χ0) is 21.4. The molecule has 0 heterocycles. The smallest absolute Gasteiger partial charge is 0.305 e. The van der Waals surface area contributed by atoms with Crippen LogP contribution in [-0.4, -0.2) is 25.3 Å². The van der Waals surface area contributed by atoms with Gasteiger partial charge in [0, 0.05) is 6.42 Å². The van der Waals surface area contributed by atoms with Gasteiger partial charge < -0.3 is 15.6 Å². The van der Waals surface area contributed by atoms with E-state index in [2.05, 4.69) is 13.8 Å². The van der Waals surface area contributed by atoms with Crippen LogP contribution in [0.25, 0.3) is 0 Å². The van der Waals surface area contributed by atoms with Crippen LogP contribution in [0.4, 0.5) is 0 Å². The third-order valence-corrected chi connectivity index (χ3v) is 5.75. The molecule has 0 rings (SSSR count). The zero-order valence-electron chi connectivity index (χ0n) is 20.9. The van der Waals surface area contributed by atoms with Crippen molar-refractivity contribution < 1.29 is 14.3 Å². The van der Waals surface area contributed by atoms with Crippen LogP contribution >= 0.6 is 0 Å². The van der Waals surface area contributed by atoms with E-state index in [1.54, 1.807) is 0 Å². The van der Waals surface area contributed by atoms with Gasteiger partial charge in [0.15, 0.2) is 0 Å². The van der Waals surface area contributed by atoms with Gasteiger partial charge in [0.05, 0.1) is 12.7 Å². The number of hydrogen-bond acceptors (Lipinski definition) is 4. The van der Waals surface area contributed by atoms with E-state index in [4.69, 9.17) is 9.47 Å². The molecule has 4 heteroatoms. The fourth-order valence-electron chi connectivity index (χ4n) is 3.80. The van der Waals surface area contributed by atoms with Gasteiger partial charge in [-0.25, -0.2) is 0 Å². The monoisotopic (exact) mass is 429 g/mol. The highest BCUT2D eigenvalue weighted by molar-refractivity contribution is 5.68. The molecule has 0 saturated carbocycles. The summed E-state index contributed by atoms with van der Waals surface area (Å²) >= 11 is 0. The summed E-state index contributed by atoms with van der Waals surface area (Å²) < 4.78 is 11.2. The van der Waals surface area contributed by atoms with Crippen molar-refractivity contribution in [2.75, 3.05) is 13.2 Å². The van der Waals surface area contributed by atoms with Crippen LogP contribution < -0.4 is 6.15 Å². The highest BCUT2D eigenvalue weighted by atomic mass is 16.6. The Hall–Kier alpha value is -0.610. The number of rotatable bonds is 23. The lowest BCUT2D eigenvalue weighted by Crippen LogP contribution is -2.18. The van der Waals surface area contributed by atoms with Gasteiger partial charge in [-0.15, -0.1) is 0 Å². The van der Waals surface area contributed by atoms with Crippen LogP contribution in [0, 0.1) is 0 Å². The Balaban J connectivity index is 0. The Morgan fingerprint density at radius 1 is 0.600 bits per heavy atom. The summed E-state index contributed by atoms with van der Waals surface area (Å²) in [6, 6.07) is 0. The number of esters is 1. The lowest BCUT2D eigenvalue weighted by Gasteiger charge is -2.18. The molecular weight excluding hydrogens is 374 g/mol. The molecule has 3 N–H and O–H groups in total. The number of hydrogen-bond donors (Lipinski definition) is 1. The van der Waals surface area contributed by atoms with Crippen molar-refractivity contribution in [1.29, 1.82) is 0 Å². The summed E-state index contributed by atoms with van der Waals surface area (Å²) in [5, 5.41) is 0. The average Bonchev–Trinajstić information content (AvgIpc) is 2.73. The molecule has 0 atom stereocenters. The third-order valence-electron chi connectivity index (χ3n) is 5.75. The number of ether oxygens (including phenoxy) is 2. The molecule has 0 unspecified atom stereocenters. The average molecular weight is 430 g/mol. The van der Waals surface area contributed by atoms with Gasteiger partial charge in [0.25, 0.3) is 0 Å². The molecule has 4 nitrogen and oxygen atoms in total. The minimum absolute atomic E-state index is 0. The van der Waals surface area contributed by atoms with Gasteiger partial charge in [0.1, 0.15) is 6.61 Å². The Labute approximate surface area is 188 Å². The molecule has 0 saturated heterocycles. The van der Waals surface area contributed by atoms with Crippen molar-refractivity contribution in [3.05, 3.63) is 0 Å². The molecule has 0 aromatic heterocycles. The fourth-order valence-corrected chi connectivity index (χ4v) is 3.80. The van der Waals surface area contributed by atoms with Crippen molar-refractivity contribution >= 4 is 5.97 Å². The summed E-state index contributed by atoms with van der Waals surface area (Å²) in [7, 11) is 0. The van der Waals surface area contributed by atoms with E-state index in [1.807, 2.05) is 6.92 Å². The molecule has 0 aliphatic rings. The van der Waals surface area contributed by atoms with Gasteiger partial charge in [-0.3, -0.25) is 4.79 Å². The summed E-state index contributed by atoms with van der Waals surface area (Å²) in [4.78, 5) is 11.3. The van der Waals surface area contributed by atoms with Crippen LogP contribution in [0.3, 0.4) is 0 Å². The second-order valence-electron chi connectivity index (χ2n) is 8.59. The molecule has 0 aromatic carbocycles. The first-order valence-corrected chi connectivity index (χ1v) is 13.0. The quantitative estimate of drug-likeness (QED) is 0.130. The van der Waals surface area contributed by atoms with Gasteiger partial charge in [-0.05, 0) is 12.8 Å². The molecule has 182 valence electrons. The lowest BCUT2D eigenvalue weighted by molar-refractivity contribution is -0.145. The maximum atomic E-state index is 11.3. The van der Waals surface area contributed by atoms with Crippen molar-refractivity contribution in [3.8, 4) is 0 Å². The summed E-state index contributed by atoms with van der Waals surface area (Å²) in [5.74, 6) is -0.128. The van der Waals surface area contributed by atoms with Crippen molar-refractivity contribution in [3.63, 3.8) is 0 Å². The lowest BCUT2D eigenvalue weighted by atomic mass is 10.0. The molecule has 0 aromatic rings. The van der Waals surface area contributed by atoms with Gasteiger partial charge in [0.2, 0.25) is 0 Å². The van der Waals surface area contributed by atoms with Gasteiger partial charge in [-0.2, -0.15) is 0 Å². The van der Waals surface area contributed by atoms with E-state index >= 15 is 0 Å². The molecule has 0 aliphatic heterocycles. The van der Waals surface area contributed by atoms with Crippen LogP contribution in [0.15, 0.2) is 0 Å². The van der Waals surface area contributed by atoms with Crippen molar-refractivity contribution in [2.45, 2.75) is 149 Å². The van der Waals surface area contributed by atoms with Gasteiger partial charge >= 0.3 is 5.97 Å². The Morgan fingerprint density at radius 3 is 1.40 bits per heavy atom. The number of carbonyl (C=O) groups excluding carboxylic acids is 1. The first-order valence-electron chi connectivity index (χ1n) is 13.0. The van der Waals surface area contributed by atoms with E-state index in [0.29, 0.717) is 25.7 Å². The Bertz CT molecular complexity index is 316. The highest BCUT2D eigenvalue weighted by Crippen LogP contribution is 2.17. The second-order valence-corrected chi connectivity index (χ2v) is 8.59. The van der Waals surface area contributed by atoms with Crippen LogP contribution in [0.1, 0.15) is 143 Å². The maximum Gasteiger partial charge on any atom is 0.305 e. The Morgan fingerprint density at radius 2 is 1.00 bits per heavy atom. The van der Waals surface area contributed by atoms with E-state index in [1.165, 1.54) is 103 Å². The molecule has 0 bridgehead atoms. The first-order chi connectivity index (χ1) is 14.2. The predicted octanol–water partition coefficient (Wildman–Crippen LogP) is 8.55. The zero-order valence-corrected chi connectivity index (χ0v) is 20.9. The number of carbonyl (C=O) groups is 1. The van der Waals surface area contributed by atoms with Crippen LogP contribution in [0.5, 0.6) is 0 Å². The summed E-state index contributed by atoms with van der Waals surface area (Å²) in [6.45, 7) is 7.32. The van der Waals surface area contributed by atoms with Crippen molar-refractivity contribution in [2.24, 2.45) is 0 Å². The predicted molar refractivity (Wildman–Crippen MR) is 130 cm³/mol. The molecule has 0 radical (unpaired) electrons. The molecule has 30 heavy (non-hydrogen) atoms. The molecular formula is C26H55NO3. The topological polar surface area (TPSA) is 70.5 Å². The molecule has 0 amide bonds. The van der Waals surface area contributed by atoms with E-state index in [0.717, 1.165) is 12.8 Å². The molecule has 0 spiro atoms. The van der Waals surface area contributed by atoms with E-state index in [9.17, 15) is 4.79 Å². The molecule has 0 fully saturated rings. The van der Waals surface area contributed by atoms with E-state index < -0.39 is 0 Å². The molecule has 0 aliphatic carbocycles. The van der Waals surface area contributed by atoms with Crippen LogP contribution in [0.2, 0.25) is 0 Å². The highest BCUT2D eigenvalue weighted by Gasteiger charge is 2.10. The minimum Gasteiger partial charge on any atom is -0.463 e. The largest absolute Gasteiger partial charge is 0.463 e. The summed E-state index contributed by atoms with van der Waals surface area (Å²) in [6.07, 6.45) is 24.8. The SMILES string of the molecule is CCCCCCCCCCC(CCCCCCCCCC)OCCOC(=O)CC.N. The normalized spacial score (nSPS) is 10.9. The summed E-state index contributed by atoms with van der Waals surface area (Å²) in [5.41, 5.74) is 0. The van der Waals surface area contributed by atoms with Crippen molar-refractivity contribution in [1.82, 2.24) is 6.15 Å².